The minimum atomic E-state index is -1.51. The van der Waals surface area contributed by atoms with Crippen molar-refractivity contribution < 1.29 is 42.9 Å². The Kier molecular flexibility index (Phi) is 36.1. The number of quaternary nitrogens is 1. The Morgan fingerprint density at radius 1 is 0.556 bits per heavy atom. The molecular weight excluding hydrogens is 682 g/mol. The van der Waals surface area contributed by atoms with Crippen LogP contribution >= 0.6 is 0 Å². The van der Waals surface area contributed by atoms with Crippen LogP contribution in [0.15, 0.2) is 24.3 Å². The first-order chi connectivity index (χ1) is 26.1. The van der Waals surface area contributed by atoms with Gasteiger partial charge < -0.3 is 28.5 Å². The number of aliphatic carboxylic acids is 1. The molecule has 54 heavy (non-hydrogen) atoms. The average Bonchev–Trinajstić information content (AvgIpc) is 3.12. The maximum Gasteiger partial charge on any atom is 0.361 e. The summed E-state index contributed by atoms with van der Waals surface area (Å²) in [6, 6.07) is 0. The number of rotatable bonds is 40. The van der Waals surface area contributed by atoms with Crippen molar-refractivity contribution >= 4 is 17.9 Å². The highest BCUT2D eigenvalue weighted by Crippen LogP contribution is 2.14. The van der Waals surface area contributed by atoms with Gasteiger partial charge in [-0.1, -0.05) is 154 Å². The summed E-state index contributed by atoms with van der Waals surface area (Å²) >= 11 is 0. The van der Waals surface area contributed by atoms with Crippen LogP contribution in [0.2, 0.25) is 0 Å². The lowest BCUT2D eigenvalue weighted by molar-refractivity contribution is -0.870. The van der Waals surface area contributed by atoms with Crippen LogP contribution in [0, 0.1) is 0 Å². The van der Waals surface area contributed by atoms with Crippen LogP contribution in [0.1, 0.15) is 187 Å². The fraction of sp³-hybridized carbons (Fsp3) is 0.844. The van der Waals surface area contributed by atoms with Gasteiger partial charge in [-0.25, -0.2) is 4.79 Å². The van der Waals surface area contributed by atoms with Crippen molar-refractivity contribution in [1.29, 1.82) is 0 Å². The monoisotopic (exact) mass is 767 g/mol. The number of hydrogen-bond acceptors (Lipinski definition) is 7. The zero-order valence-electron chi connectivity index (χ0n) is 35.6. The zero-order chi connectivity index (χ0) is 40.0. The standard InChI is InChI=1S/C45H83NO8/c1-6-8-10-12-14-16-18-20-21-22-23-24-26-28-30-32-34-36-43(48)54-41(40-53-45(44(49)50)51-38-37-46(3,4)5)39-52-42(47)35-33-31-29-27-25-19-17-15-13-11-9-7-2/h14,16,20-21,41,45H,6-13,15,17-19,22-40H2,1-5H3/p+1/b16-14-,21-20-. The van der Waals surface area contributed by atoms with Gasteiger partial charge in [0.05, 0.1) is 34.4 Å². The van der Waals surface area contributed by atoms with Gasteiger partial charge >= 0.3 is 17.9 Å². The Labute approximate surface area is 331 Å². The molecule has 0 heterocycles. The number of allylic oxidation sites excluding steroid dienone is 4. The second-order valence-corrected chi connectivity index (χ2v) is 16.0. The van der Waals surface area contributed by atoms with Crippen LogP contribution in [-0.2, 0) is 33.3 Å². The van der Waals surface area contributed by atoms with Crippen molar-refractivity contribution in [2.24, 2.45) is 0 Å². The molecule has 9 heteroatoms. The van der Waals surface area contributed by atoms with E-state index in [-0.39, 0.29) is 32.2 Å². The average molecular weight is 767 g/mol. The highest BCUT2D eigenvalue weighted by molar-refractivity contribution is 5.71. The number of ether oxygens (including phenoxy) is 4. The molecule has 0 aromatic carbocycles. The predicted molar refractivity (Wildman–Crippen MR) is 221 cm³/mol. The van der Waals surface area contributed by atoms with Crippen LogP contribution < -0.4 is 0 Å². The lowest BCUT2D eigenvalue weighted by atomic mass is 10.0. The first-order valence-corrected chi connectivity index (χ1v) is 22.0. The first kappa shape index (κ1) is 51.8. The van der Waals surface area contributed by atoms with Crippen molar-refractivity contribution in [1.82, 2.24) is 0 Å². The quantitative estimate of drug-likeness (QED) is 0.0216. The van der Waals surface area contributed by atoms with Crippen molar-refractivity contribution in [3.05, 3.63) is 24.3 Å². The number of carboxylic acid groups (broad SMARTS) is 1. The molecule has 0 aliphatic heterocycles. The van der Waals surface area contributed by atoms with Gasteiger partial charge in [0.15, 0.2) is 6.10 Å². The van der Waals surface area contributed by atoms with Crippen molar-refractivity contribution in [2.75, 3.05) is 47.5 Å². The van der Waals surface area contributed by atoms with Gasteiger partial charge in [0.25, 0.3) is 6.29 Å². The van der Waals surface area contributed by atoms with Crippen molar-refractivity contribution in [3.63, 3.8) is 0 Å². The normalized spacial score (nSPS) is 13.1. The Hall–Kier alpha value is -2.23. The Morgan fingerprint density at radius 2 is 1.00 bits per heavy atom. The smallest absolute Gasteiger partial charge is 0.361 e. The predicted octanol–water partition coefficient (Wildman–Crippen LogP) is 11.3. The second-order valence-electron chi connectivity index (χ2n) is 16.0. The molecule has 2 unspecified atom stereocenters. The summed E-state index contributed by atoms with van der Waals surface area (Å²) in [5.74, 6) is -2.01. The van der Waals surface area contributed by atoms with E-state index < -0.39 is 24.3 Å². The summed E-state index contributed by atoms with van der Waals surface area (Å²) in [4.78, 5) is 37.0. The van der Waals surface area contributed by atoms with E-state index in [1.807, 2.05) is 21.1 Å². The van der Waals surface area contributed by atoms with Gasteiger partial charge in [-0.2, -0.15) is 0 Å². The number of unbranched alkanes of at least 4 members (excludes halogenated alkanes) is 21. The van der Waals surface area contributed by atoms with Crippen LogP contribution in [0.3, 0.4) is 0 Å². The molecule has 0 bridgehead atoms. The maximum atomic E-state index is 12.7. The summed E-state index contributed by atoms with van der Waals surface area (Å²) in [6.07, 6.45) is 36.5. The SMILES string of the molecule is CCCCC/C=C\C/C=C\CCCCCCCCCC(=O)OC(COC(=O)CCCCCCCCCCCCCC)COC(OCC[N+](C)(C)C)C(=O)O. The largest absolute Gasteiger partial charge is 0.477 e. The number of hydrogen-bond donors (Lipinski definition) is 1. The van der Waals surface area contributed by atoms with Gasteiger partial charge in [-0.3, -0.25) is 9.59 Å². The molecule has 0 aromatic heterocycles. The van der Waals surface area contributed by atoms with E-state index in [9.17, 15) is 19.5 Å². The Balaban J connectivity index is 4.45. The molecule has 2 atom stereocenters. The van der Waals surface area contributed by atoms with Crippen LogP contribution in [0.5, 0.6) is 0 Å². The zero-order valence-corrected chi connectivity index (χ0v) is 35.6. The fourth-order valence-corrected chi connectivity index (χ4v) is 5.98. The molecule has 0 fully saturated rings. The van der Waals surface area contributed by atoms with Gasteiger partial charge in [-0.15, -0.1) is 0 Å². The third kappa shape index (κ3) is 38.1. The molecule has 0 saturated heterocycles. The number of nitrogens with zero attached hydrogens (tertiary/aromatic N) is 1. The Bertz CT molecular complexity index is 944. The van der Waals surface area contributed by atoms with E-state index in [0.717, 1.165) is 51.4 Å². The molecular formula is C45H84NO8+. The van der Waals surface area contributed by atoms with Crippen LogP contribution in [0.25, 0.3) is 0 Å². The highest BCUT2D eigenvalue weighted by Gasteiger charge is 2.25. The number of carbonyl (C=O) groups is 3. The molecule has 0 aliphatic rings. The van der Waals surface area contributed by atoms with Crippen LogP contribution in [0.4, 0.5) is 0 Å². The number of carbonyl (C=O) groups excluding carboxylic acids is 2. The molecule has 1 N–H and O–H groups in total. The second kappa shape index (κ2) is 37.7. The van der Waals surface area contributed by atoms with Gasteiger partial charge in [0, 0.05) is 12.8 Å². The van der Waals surface area contributed by atoms with Crippen molar-refractivity contribution in [2.45, 2.75) is 200 Å². The number of carboxylic acids is 1. The first-order valence-electron chi connectivity index (χ1n) is 22.0. The molecule has 0 saturated carbocycles. The van der Waals surface area contributed by atoms with E-state index in [4.69, 9.17) is 18.9 Å². The molecule has 0 amide bonds. The molecule has 0 aliphatic carbocycles. The highest BCUT2D eigenvalue weighted by atomic mass is 16.7. The lowest BCUT2D eigenvalue weighted by Gasteiger charge is -2.25. The molecule has 0 radical (unpaired) electrons. The summed E-state index contributed by atoms with van der Waals surface area (Å²) in [5, 5.41) is 9.62. The lowest BCUT2D eigenvalue weighted by Crippen LogP contribution is -2.40. The van der Waals surface area contributed by atoms with Gasteiger partial charge in [0.1, 0.15) is 13.2 Å². The van der Waals surface area contributed by atoms with Gasteiger partial charge in [0.2, 0.25) is 0 Å². The number of likely N-dealkylation sites (N-methyl/N-ethyl adjacent to an activating group) is 1. The van der Waals surface area contributed by atoms with E-state index in [0.29, 0.717) is 23.9 Å². The molecule has 0 spiro atoms. The fourth-order valence-electron chi connectivity index (χ4n) is 5.98. The molecule has 0 aromatic rings. The van der Waals surface area contributed by atoms with Crippen molar-refractivity contribution in [3.8, 4) is 0 Å². The third-order valence-electron chi connectivity index (χ3n) is 9.46. The third-order valence-corrected chi connectivity index (χ3v) is 9.46. The minimum absolute atomic E-state index is 0.182. The topological polar surface area (TPSA) is 108 Å². The summed E-state index contributed by atoms with van der Waals surface area (Å²) in [7, 11) is 5.95. The summed E-state index contributed by atoms with van der Waals surface area (Å²) < 4.78 is 22.7. The van der Waals surface area contributed by atoms with Crippen LogP contribution in [-0.4, -0.2) is 87.4 Å². The van der Waals surface area contributed by atoms with E-state index >= 15 is 0 Å². The molecule has 9 nitrogen and oxygen atoms in total. The van der Waals surface area contributed by atoms with Gasteiger partial charge in [-0.05, 0) is 44.9 Å². The Morgan fingerprint density at radius 3 is 1.50 bits per heavy atom. The number of esters is 2. The maximum absolute atomic E-state index is 12.7. The van der Waals surface area contributed by atoms with E-state index in [1.165, 1.54) is 103 Å². The van der Waals surface area contributed by atoms with E-state index in [2.05, 4.69) is 38.2 Å². The van der Waals surface area contributed by atoms with E-state index in [1.54, 1.807) is 0 Å². The summed E-state index contributed by atoms with van der Waals surface area (Å²) in [5.41, 5.74) is 0. The minimum Gasteiger partial charge on any atom is -0.477 e. The molecule has 316 valence electrons. The summed E-state index contributed by atoms with van der Waals surface area (Å²) in [6.45, 7) is 4.83. The molecule has 0 rings (SSSR count).